The topological polar surface area (TPSA) is 9.23 Å². The lowest BCUT2D eigenvalue weighted by Gasteiger charge is -2.05. The predicted molar refractivity (Wildman–Crippen MR) is 41.0 cm³/mol. The van der Waals surface area contributed by atoms with Crippen LogP contribution in [0.25, 0.3) is 0 Å². The second-order valence-corrected chi connectivity index (χ2v) is 2.68. The molecule has 0 saturated carbocycles. The molecule has 0 aromatic heterocycles. The van der Waals surface area contributed by atoms with Gasteiger partial charge >= 0.3 is 6.18 Å². The van der Waals surface area contributed by atoms with Gasteiger partial charge in [-0.1, -0.05) is 13.3 Å². The molecule has 4 heteroatoms. The van der Waals surface area contributed by atoms with E-state index in [1.165, 1.54) is 0 Å². The van der Waals surface area contributed by atoms with E-state index in [2.05, 4.69) is 0 Å². The van der Waals surface area contributed by atoms with E-state index in [1.54, 1.807) is 0 Å². The molecule has 0 bridgehead atoms. The van der Waals surface area contributed by atoms with E-state index < -0.39 is 12.6 Å². The Morgan fingerprint density at radius 1 is 1.08 bits per heavy atom. The molecule has 0 spiro atoms. The summed E-state index contributed by atoms with van der Waals surface area (Å²) >= 11 is 0. The molecular weight excluding hydrogens is 169 g/mol. The van der Waals surface area contributed by atoms with E-state index in [0.29, 0.717) is 6.61 Å². The zero-order chi connectivity index (χ0) is 9.45. The normalized spacial score (nSPS) is 12.0. The van der Waals surface area contributed by atoms with Crippen molar-refractivity contribution >= 4 is 0 Å². The van der Waals surface area contributed by atoms with Gasteiger partial charge in [-0.05, 0) is 12.8 Å². The zero-order valence-electron chi connectivity index (χ0n) is 7.28. The molecule has 12 heavy (non-hydrogen) atoms. The molecule has 0 aliphatic carbocycles. The van der Waals surface area contributed by atoms with Gasteiger partial charge in [-0.25, -0.2) is 0 Å². The quantitative estimate of drug-likeness (QED) is 0.576. The van der Waals surface area contributed by atoms with Crippen molar-refractivity contribution in [2.24, 2.45) is 0 Å². The highest BCUT2D eigenvalue weighted by molar-refractivity contribution is 4.49. The fourth-order valence-corrected chi connectivity index (χ4v) is 0.723. The summed E-state index contributed by atoms with van der Waals surface area (Å²) in [5.41, 5.74) is 0. The minimum Gasteiger partial charge on any atom is -0.381 e. The summed E-state index contributed by atoms with van der Waals surface area (Å²) in [6.45, 7) is 2.81. The molecule has 0 aliphatic rings. The molecular formula is C8H15F3O. The number of alkyl halides is 3. The molecule has 0 aromatic carbocycles. The summed E-state index contributed by atoms with van der Waals surface area (Å²) in [4.78, 5) is 0. The SMILES string of the molecule is CCCCOCCCC(F)(F)F. The minimum absolute atomic E-state index is 0.0766. The highest BCUT2D eigenvalue weighted by Crippen LogP contribution is 2.20. The Morgan fingerprint density at radius 3 is 2.17 bits per heavy atom. The van der Waals surface area contributed by atoms with Gasteiger partial charge in [-0.2, -0.15) is 13.2 Å². The van der Waals surface area contributed by atoms with Crippen LogP contribution in [0.4, 0.5) is 13.2 Å². The third-order valence-electron chi connectivity index (χ3n) is 1.39. The van der Waals surface area contributed by atoms with Crippen LogP contribution in [0, 0.1) is 0 Å². The number of hydrogen-bond donors (Lipinski definition) is 0. The fourth-order valence-electron chi connectivity index (χ4n) is 0.723. The highest BCUT2D eigenvalue weighted by atomic mass is 19.4. The van der Waals surface area contributed by atoms with Crippen LogP contribution >= 0.6 is 0 Å². The van der Waals surface area contributed by atoms with Crippen LogP contribution in [0.1, 0.15) is 32.6 Å². The van der Waals surface area contributed by atoms with Crippen molar-refractivity contribution < 1.29 is 17.9 Å². The molecule has 1 nitrogen and oxygen atoms in total. The van der Waals surface area contributed by atoms with Gasteiger partial charge in [0.05, 0.1) is 0 Å². The average molecular weight is 184 g/mol. The average Bonchev–Trinajstić information content (AvgIpc) is 1.94. The van der Waals surface area contributed by atoms with E-state index >= 15 is 0 Å². The molecule has 0 rings (SSSR count). The standard InChI is InChI=1S/C8H15F3O/c1-2-3-6-12-7-4-5-8(9,10)11/h2-7H2,1H3. The Hall–Kier alpha value is -0.250. The number of ether oxygens (including phenoxy) is 1. The number of unbranched alkanes of at least 4 members (excludes halogenated alkanes) is 1. The van der Waals surface area contributed by atoms with Crippen LogP contribution in [0.5, 0.6) is 0 Å². The fraction of sp³-hybridized carbons (Fsp3) is 1.00. The first-order valence-corrected chi connectivity index (χ1v) is 4.20. The molecule has 0 amide bonds. The van der Waals surface area contributed by atoms with Crippen molar-refractivity contribution in [3.05, 3.63) is 0 Å². The van der Waals surface area contributed by atoms with E-state index in [4.69, 9.17) is 4.74 Å². The third kappa shape index (κ3) is 9.75. The van der Waals surface area contributed by atoms with Gasteiger partial charge in [-0.15, -0.1) is 0 Å². The first kappa shape index (κ1) is 11.8. The zero-order valence-corrected chi connectivity index (χ0v) is 7.28. The Balaban J connectivity index is 3.01. The van der Waals surface area contributed by atoms with E-state index in [-0.39, 0.29) is 13.0 Å². The van der Waals surface area contributed by atoms with Gasteiger partial charge < -0.3 is 4.74 Å². The summed E-state index contributed by atoms with van der Waals surface area (Å²) in [7, 11) is 0. The van der Waals surface area contributed by atoms with Crippen molar-refractivity contribution in [3.63, 3.8) is 0 Å². The highest BCUT2D eigenvalue weighted by Gasteiger charge is 2.25. The lowest BCUT2D eigenvalue weighted by atomic mass is 10.3. The van der Waals surface area contributed by atoms with E-state index in [1.807, 2.05) is 6.92 Å². The summed E-state index contributed by atoms with van der Waals surface area (Å²) in [5.74, 6) is 0. The second-order valence-electron chi connectivity index (χ2n) is 2.68. The number of hydrogen-bond acceptors (Lipinski definition) is 1. The van der Waals surface area contributed by atoms with Crippen molar-refractivity contribution in [1.82, 2.24) is 0 Å². The maximum Gasteiger partial charge on any atom is 0.389 e. The van der Waals surface area contributed by atoms with Crippen LogP contribution in [0.15, 0.2) is 0 Å². The molecule has 0 radical (unpaired) electrons. The summed E-state index contributed by atoms with van der Waals surface area (Å²) in [6, 6.07) is 0. The van der Waals surface area contributed by atoms with Gasteiger partial charge in [-0.3, -0.25) is 0 Å². The predicted octanol–water partition coefficient (Wildman–Crippen LogP) is 3.15. The van der Waals surface area contributed by atoms with Crippen molar-refractivity contribution in [2.45, 2.75) is 38.8 Å². The second kappa shape index (κ2) is 6.29. The maximum atomic E-state index is 11.6. The van der Waals surface area contributed by atoms with Gasteiger partial charge in [0.2, 0.25) is 0 Å². The molecule has 0 aromatic rings. The largest absolute Gasteiger partial charge is 0.389 e. The van der Waals surface area contributed by atoms with Crippen LogP contribution in [0.3, 0.4) is 0 Å². The molecule has 0 saturated heterocycles. The van der Waals surface area contributed by atoms with Gasteiger partial charge in [0, 0.05) is 19.6 Å². The van der Waals surface area contributed by atoms with Gasteiger partial charge in [0.1, 0.15) is 0 Å². The summed E-state index contributed by atoms with van der Waals surface area (Å²) < 4.78 is 39.7. The van der Waals surface area contributed by atoms with Gasteiger partial charge in [0.25, 0.3) is 0 Å². The monoisotopic (exact) mass is 184 g/mol. The lowest BCUT2D eigenvalue weighted by molar-refractivity contribution is -0.137. The van der Waals surface area contributed by atoms with Crippen LogP contribution < -0.4 is 0 Å². The molecule has 0 unspecified atom stereocenters. The van der Waals surface area contributed by atoms with E-state index in [0.717, 1.165) is 12.8 Å². The van der Waals surface area contributed by atoms with Crippen molar-refractivity contribution in [2.75, 3.05) is 13.2 Å². The van der Waals surface area contributed by atoms with Crippen LogP contribution in [0.2, 0.25) is 0 Å². The number of rotatable bonds is 6. The van der Waals surface area contributed by atoms with Crippen LogP contribution in [-0.4, -0.2) is 19.4 Å². The maximum absolute atomic E-state index is 11.6. The molecule has 0 aliphatic heterocycles. The summed E-state index contributed by atoms with van der Waals surface area (Å²) in [5, 5.41) is 0. The Bertz CT molecular complexity index is 101. The Kier molecular flexibility index (Phi) is 6.16. The first-order chi connectivity index (χ1) is 5.56. The third-order valence-corrected chi connectivity index (χ3v) is 1.39. The number of halogens is 3. The van der Waals surface area contributed by atoms with Gasteiger partial charge in [0.15, 0.2) is 0 Å². The molecule has 0 atom stereocenters. The molecule has 0 fully saturated rings. The minimum atomic E-state index is -4.03. The smallest absolute Gasteiger partial charge is 0.381 e. The summed E-state index contributed by atoms with van der Waals surface area (Å²) in [6.07, 6.45) is -2.76. The molecule has 0 N–H and O–H groups in total. The molecule has 74 valence electrons. The first-order valence-electron chi connectivity index (χ1n) is 4.20. The van der Waals surface area contributed by atoms with Crippen molar-refractivity contribution in [3.8, 4) is 0 Å². The Labute approximate surface area is 70.9 Å². The molecule has 0 heterocycles. The Morgan fingerprint density at radius 2 is 1.67 bits per heavy atom. The van der Waals surface area contributed by atoms with E-state index in [9.17, 15) is 13.2 Å². The lowest BCUT2D eigenvalue weighted by Crippen LogP contribution is -2.09. The van der Waals surface area contributed by atoms with Crippen LogP contribution in [-0.2, 0) is 4.74 Å². The van der Waals surface area contributed by atoms with Crippen molar-refractivity contribution in [1.29, 1.82) is 0 Å².